The molecule has 1 aromatic rings. The number of carbonyl (C=O) groups is 1. The molecule has 1 heterocycles. The maximum atomic E-state index is 14.0. The summed E-state index contributed by atoms with van der Waals surface area (Å²) in [6, 6.07) is 8.90. The van der Waals surface area contributed by atoms with Crippen molar-refractivity contribution in [1.82, 2.24) is 5.32 Å². The van der Waals surface area contributed by atoms with Gasteiger partial charge >= 0.3 is 6.09 Å². The minimum absolute atomic E-state index is 0.00362. The number of carbonyl (C=O) groups excluding carboxylic acids is 1. The zero-order valence-corrected chi connectivity index (χ0v) is 12.1. The Bertz CT molecular complexity index is 490. The SMILES string of the molecule is O=C(NCC(F)(F)C1(O)CCOCC1)OCc1ccccc1. The number of nitrogens with one attached hydrogen (secondary N) is 1. The van der Waals surface area contributed by atoms with Crippen LogP contribution in [-0.4, -0.2) is 42.5 Å². The summed E-state index contributed by atoms with van der Waals surface area (Å²) in [7, 11) is 0. The van der Waals surface area contributed by atoms with Crippen LogP contribution >= 0.6 is 0 Å². The smallest absolute Gasteiger partial charge is 0.407 e. The Labute approximate surface area is 127 Å². The largest absolute Gasteiger partial charge is 0.445 e. The minimum Gasteiger partial charge on any atom is -0.445 e. The van der Waals surface area contributed by atoms with E-state index in [0.717, 1.165) is 5.56 Å². The van der Waals surface area contributed by atoms with E-state index in [-0.39, 0.29) is 32.7 Å². The summed E-state index contributed by atoms with van der Waals surface area (Å²) in [4.78, 5) is 11.5. The van der Waals surface area contributed by atoms with Gasteiger partial charge < -0.3 is 19.9 Å². The van der Waals surface area contributed by atoms with Gasteiger partial charge in [0.15, 0.2) is 0 Å². The highest BCUT2D eigenvalue weighted by Crippen LogP contribution is 2.36. The lowest BCUT2D eigenvalue weighted by Crippen LogP contribution is -2.56. The van der Waals surface area contributed by atoms with Gasteiger partial charge in [-0.05, 0) is 5.56 Å². The third kappa shape index (κ3) is 4.14. The first-order chi connectivity index (χ1) is 10.4. The van der Waals surface area contributed by atoms with Gasteiger partial charge in [0.25, 0.3) is 5.92 Å². The number of alkyl halides is 2. The highest BCUT2D eigenvalue weighted by Gasteiger charge is 2.53. The Morgan fingerprint density at radius 2 is 1.95 bits per heavy atom. The third-order valence-corrected chi connectivity index (χ3v) is 3.67. The zero-order valence-electron chi connectivity index (χ0n) is 12.1. The van der Waals surface area contributed by atoms with E-state index in [1.54, 1.807) is 24.3 Å². The van der Waals surface area contributed by atoms with E-state index in [1.807, 2.05) is 11.4 Å². The molecule has 2 rings (SSSR count). The first kappa shape index (κ1) is 16.6. The van der Waals surface area contributed by atoms with Crippen LogP contribution in [0, 0.1) is 0 Å². The van der Waals surface area contributed by atoms with E-state index < -0.39 is 24.2 Å². The molecule has 0 aliphatic carbocycles. The van der Waals surface area contributed by atoms with Crippen molar-refractivity contribution in [1.29, 1.82) is 0 Å². The summed E-state index contributed by atoms with van der Waals surface area (Å²) in [5.74, 6) is -3.44. The Hall–Kier alpha value is -1.73. The first-order valence-electron chi connectivity index (χ1n) is 7.05. The zero-order chi connectivity index (χ0) is 16.1. The lowest BCUT2D eigenvalue weighted by Gasteiger charge is -2.38. The van der Waals surface area contributed by atoms with Crippen LogP contribution in [0.3, 0.4) is 0 Å². The maximum absolute atomic E-state index is 14.0. The number of amides is 1. The van der Waals surface area contributed by atoms with Crippen molar-refractivity contribution >= 4 is 6.09 Å². The van der Waals surface area contributed by atoms with E-state index in [4.69, 9.17) is 9.47 Å². The van der Waals surface area contributed by atoms with Crippen molar-refractivity contribution < 1.29 is 28.2 Å². The average molecular weight is 315 g/mol. The quantitative estimate of drug-likeness (QED) is 0.873. The molecule has 0 aromatic heterocycles. The van der Waals surface area contributed by atoms with Crippen LogP contribution in [0.4, 0.5) is 13.6 Å². The van der Waals surface area contributed by atoms with Crippen LogP contribution in [0.5, 0.6) is 0 Å². The second-order valence-electron chi connectivity index (χ2n) is 5.26. The van der Waals surface area contributed by atoms with Crippen LogP contribution in [0.15, 0.2) is 30.3 Å². The van der Waals surface area contributed by atoms with Crippen LogP contribution in [0.1, 0.15) is 18.4 Å². The number of ether oxygens (including phenoxy) is 2. The maximum Gasteiger partial charge on any atom is 0.407 e. The number of benzene rings is 1. The van der Waals surface area contributed by atoms with Gasteiger partial charge in [-0.3, -0.25) is 0 Å². The molecule has 1 aliphatic heterocycles. The molecule has 1 fully saturated rings. The molecule has 122 valence electrons. The molecule has 22 heavy (non-hydrogen) atoms. The third-order valence-electron chi connectivity index (χ3n) is 3.67. The van der Waals surface area contributed by atoms with Crippen molar-refractivity contribution in [3.63, 3.8) is 0 Å². The summed E-state index contributed by atoms with van der Waals surface area (Å²) in [5.41, 5.74) is -1.40. The number of aliphatic hydroxyl groups is 1. The minimum atomic E-state index is -3.44. The lowest BCUT2D eigenvalue weighted by molar-refractivity contribution is -0.209. The number of hydrogen-bond acceptors (Lipinski definition) is 4. The molecule has 0 unspecified atom stereocenters. The second-order valence-corrected chi connectivity index (χ2v) is 5.26. The standard InChI is InChI=1S/C15H19F2NO4/c16-15(17,14(20)6-8-21-9-7-14)11-18-13(19)22-10-12-4-2-1-3-5-12/h1-5,20H,6-11H2,(H,18,19). The Morgan fingerprint density at radius 3 is 2.59 bits per heavy atom. The fraction of sp³-hybridized carbons (Fsp3) is 0.533. The number of alkyl carbamates (subject to hydrolysis) is 1. The molecule has 0 spiro atoms. The molecule has 0 atom stereocenters. The number of hydrogen-bond donors (Lipinski definition) is 2. The Morgan fingerprint density at radius 1 is 1.32 bits per heavy atom. The van der Waals surface area contributed by atoms with Gasteiger partial charge in [0.1, 0.15) is 12.2 Å². The van der Waals surface area contributed by atoms with E-state index >= 15 is 0 Å². The molecule has 0 radical (unpaired) electrons. The molecule has 0 bridgehead atoms. The van der Waals surface area contributed by atoms with Crippen molar-refractivity contribution in [2.75, 3.05) is 19.8 Å². The number of rotatable bonds is 5. The molecular weight excluding hydrogens is 296 g/mol. The normalized spacial score (nSPS) is 17.8. The van der Waals surface area contributed by atoms with Crippen LogP contribution in [0.25, 0.3) is 0 Å². The lowest BCUT2D eigenvalue weighted by atomic mass is 9.87. The van der Waals surface area contributed by atoms with Crippen LogP contribution < -0.4 is 5.32 Å². The molecule has 5 nitrogen and oxygen atoms in total. The summed E-state index contributed by atoms with van der Waals surface area (Å²) in [6.45, 7) is -0.831. The molecule has 0 saturated carbocycles. The van der Waals surface area contributed by atoms with Crippen molar-refractivity contribution in [2.24, 2.45) is 0 Å². The van der Waals surface area contributed by atoms with Crippen molar-refractivity contribution in [2.45, 2.75) is 31.0 Å². The topological polar surface area (TPSA) is 67.8 Å². The fourth-order valence-electron chi connectivity index (χ4n) is 2.20. The van der Waals surface area contributed by atoms with E-state index in [9.17, 15) is 18.7 Å². The van der Waals surface area contributed by atoms with Gasteiger partial charge in [0.2, 0.25) is 0 Å². The Balaban J connectivity index is 1.79. The predicted octanol–water partition coefficient (Wildman–Crippen LogP) is 2.09. The molecule has 1 aromatic carbocycles. The fourth-order valence-corrected chi connectivity index (χ4v) is 2.20. The molecular formula is C15H19F2NO4. The van der Waals surface area contributed by atoms with Crippen molar-refractivity contribution in [3.05, 3.63) is 35.9 Å². The van der Waals surface area contributed by atoms with Gasteiger partial charge in [0, 0.05) is 26.1 Å². The Kier molecular flexibility index (Phi) is 5.31. The van der Waals surface area contributed by atoms with Crippen molar-refractivity contribution in [3.8, 4) is 0 Å². The molecule has 1 amide bonds. The summed E-state index contributed by atoms with van der Waals surface area (Å²) >= 11 is 0. The van der Waals surface area contributed by atoms with Gasteiger partial charge in [-0.2, -0.15) is 0 Å². The van der Waals surface area contributed by atoms with Gasteiger partial charge in [-0.15, -0.1) is 0 Å². The van der Waals surface area contributed by atoms with Gasteiger partial charge in [-0.25, -0.2) is 13.6 Å². The van der Waals surface area contributed by atoms with Crippen LogP contribution in [0.2, 0.25) is 0 Å². The highest BCUT2D eigenvalue weighted by molar-refractivity contribution is 5.67. The molecule has 1 saturated heterocycles. The van der Waals surface area contributed by atoms with E-state index in [2.05, 4.69) is 0 Å². The van der Waals surface area contributed by atoms with Gasteiger partial charge in [-0.1, -0.05) is 30.3 Å². The summed E-state index contributed by atoms with van der Waals surface area (Å²) in [5, 5.41) is 12.0. The van der Waals surface area contributed by atoms with E-state index in [0.29, 0.717) is 0 Å². The molecule has 1 aliphatic rings. The average Bonchev–Trinajstić information content (AvgIpc) is 2.52. The van der Waals surface area contributed by atoms with Crippen LogP contribution in [-0.2, 0) is 16.1 Å². The highest BCUT2D eigenvalue weighted by atomic mass is 19.3. The number of halogens is 2. The second kappa shape index (κ2) is 7.02. The molecule has 2 N–H and O–H groups in total. The first-order valence-corrected chi connectivity index (χ1v) is 7.05. The molecule has 7 heteroatoms. The monoisotopic (exact) mass is 315 g/mol. The van der Waals surface area contributed by atoms with E-state index in [1.165, 1.54) is 0 Å². The predicted molar refractivity (Wildman–Crippen MR) is 74.6 cm³/mol. The summed E-state index contributed by atoms with van der Waals surface area (Å²) < 4.78 is 37.9. The summed E-state index contributed by atoms with van der Waals surface area (Å²) in [6.07, 6.45) is -1.28. The van der Waals surface area contributed by atoms with Gasteiger partial charge in [0.05, 0.1) is 6.54 Å².